The SMILES string of the molecule is COC(C)(C)CCc1ccc(C(N)CC(=O)O)cc1. The Balaban J connectivity index is 2.59. The molecule has 3 N–H and O–H groups in total. The minimum Gasteiger partial charge on any atom is -0.481 e. The highest BCUT2D eigenvalue weighted by Crippen LogP contribution is 2.19. The molecule has 0 spiro atoms. The maximum Gasteiger partial charge on any atom is 0.305 e. The molecule has 0 aliphatic carbocycles. The molecule has 0 aliphatic heterocycles. The lowest BCUT2D eigenvalue weighted by Gasteiger charge is -2.22. The van der Waals surface area contributed by atoms with Crippen LogP contribution in [0.25, 0.3) is 0 Å². The molecular weight excluding hydrogens is 242 g/mol. The number of ether oxygens (including phenoxy) is 1. The zero-order chi connectivity index (χ0) is 14.5. The third kappa shape index (κ3) is 5.41. The Morgan fingerprint density at radius 1 is 1.37 bits per heavy atom. The van der Waals surface area contributed by atoms with Gasteiger partial charge < -0.3 is 15.6 Å². The van der Waals surface area contributed by atoms with E-state index in [-0.39, 0.29) is 12.0 Å². The van der Waals surface area contributed by atoms with Gasteiger partial charge in [-0.2, -0.15) is 0 Å². The van der Waals surface area contributed by atoms with Gasteiger partial charge in [0.05, 0.1) is 12.0 Å². The van der Waals surface area contributed by atoms with Gasteiger partial charge >= 0.3 is 5.97 Å². The van der Waals surface area contributed by atoms with E-state index in [1.807, 2.05) is 24.3 Å². The number of hydrogen-bond acceptors (Lipinski definition) is 3. The second-order valence-corrected chi connectivity index (χ2v) is 5.41. The fraction of sp³-hybridized carbons (Fsp3) is 0.533. The van der Waals surface area contributed by atoms with Crippen LogP contribution in [0.1, 0.15) is 43.9 Å². The van der Waals surface area contributed by atoms with Crippen molar-refractivity contribution >= 4 is 5.97 Å². The molecule has 19 heavy (non-hydrogen) atoms. The molecule has 1 aromatic carbocycles. The van der Waals surface area contributed by atoms with E-state index in [1.54, 1.807) is 7.11 Å². The van der Waals surface area contributed by atoms with Gasteiger partial charge in [0, 0.05) is 13.2 Å². The van der Waals surface area contributed by atoms with E-state index in [1.165, 1.54) is 5.56 Å². The fourth-order valence-corrected chi connectivity index (χ4v) is 1.78. The number of methoxy groups -OCH3 is 1. The normalized spacial score (nSPS) is 13.3. The smallest absolute Gasteiger partial charge is 0.305 e. The van der Waals surface area contributed by atoms with Gasteiger partial charge in [0.2, 0.25) is 0 Å². The first-order valence-corrected chi connectivity index (χ1v) is 6.45. The monoisotopic (exact) mass is 265 g/mol. The molecule has 0 radical (unpaired) electrons. The Bertz CT molecular complexity index is 412. The first-order valence-electron chi connectivity index (χ1n) is 6.45. The van der Waals surface area contributed by atoms with Gasteiger partial charge in [-0.15, -0.1) is 0 Å². The standard InChI is InChI=1S/C15H23NO3/c1-15(2,19-3)9-8-11-4-6-12(7-5-11)13(16)10-14(17)18/h4-7,13H,8-10,16H2,1-3H3,(H,17,18). The van der Waals surface area contributed by atoms with E-state index in [0.29, 0.717) is 0 Å². The molecule has 0 fully saturated rings. The van der Waals surface area contributed by atoms with Crippen LogP contribution in [0.4, 0.5) is 0 Å². The predicted molar refractivity (Wildman–Crippen MR) is 75.0 cm³/mol. The van der Waals surface area contributed by atoms with Crippen LogP contribution < -0.4 is 5.73 Å². The zero-order valence-corrected chi connectivity index (χ0v) is 11.8. The molecule has 0 saturated carbocycles. The third-order valence-electron chi connectivity index (χ3n) is 3.37. The summed E-state index contributed by atoms with van der Waals surface area (Å²) in [4.78, 5) is 10.6. The Morgan fingerprint density at radius 2 is 1.95 bits per heavy atom. The van der Waals surface area contributed by atoms with Crippen LogP contribution in [0, 0.1) is 0 Å². The first-order chi connectivity index (χ1) is 8.84. The summed E-state index contributed by atoms with van der Waals surface area (Å²) in [6.45, 7) is 4.12. The van der Waals surface area contributed by atoms with Gasteiger partial charge in [0.15, 0.2) is 0 Å². The van der Waals surface area contributed by atoms with Crippen molar-refractivity contribution in [1.29, 1.82) is 0 Å². The van der Waals surface area contributed by atoms with Gasteiger partial charge in [-0.05, 0) is 37.8 Å². The summed E-state index contributed by atoms with van der Waals surface area (Å²) in [5, 5.41) is 8.71. The summed E-state index contributed by atoms with van der Waals surface area (Å²) < 4.78 is 5.38. The quantitative estimate of drug-likeness (QED) is 0.794. The Kier molecular flexibility index (Phi) is 5.51. The van der Waals surface area contributed by atoms with Crippen molar-refractivity contribution in [3.05, 3.63) is 35.4 Å². The summed E-state index contributed by atoms with van der Waals surface area (Å²) in [5.41, 5.74) is 7.75. The average molecular weight is 265 g/mol. The van der Waals surface area contributed by atoms with Gasteiger partial charge in [-0.3, -0.25) is 4.79 Å². The van der Waals surface area contributed by atoms with E-state index in [2.05, 4.69) is 13.8 Å². The number of nitrogens with two attached hydrogens (primary N) is 1. The fourth-order valence-electron chi connectivity index (χ4n) is 1.78. The first kappa shape index (κ1) is 15.7. The average Bonchev–Trinajstić information content (AvgIpc) is 2.36. The molecule has 0 saturated heterocycles. The zero-order valence-electron chi connectivity index (χ0n) is 11.8. The number of aliphatic carboxylic acids is 1. The Hall–Kier alpha value is -1.39. The van der Waals surface area contributed by atoms with E-state index in [0.717, 1.165) is 18.4 Å². The van der Waals surface area contributed by atoms with Gasteiger partial charge in [0.25, 0.3) is 0 Å². The second kappa shape index (κ2) is 6.68. The summed E-state index contributed by atoms with van der Waals surface area (Å²) >= 11 is 0. The molecule has 0 heterocycles. The lowest BCUT2D eigenvalue weighted by Crippen LogP contribution is -2.23. The summed E-state index contributed by atoms with van der Waals surface area (Å²) in [6.07, 6.45) is 1.81. The topological polar surface area (TPSA) is 72.5 Å². The summed E-state index contributed by atoms with van der Waals surface area (Å²) in [6, 6.07) is 7.37. The minimum atomic E-state index is -0.876. The van der Waals surface area contributed by atoms with E-state index >= 15 is 0 Å². The lowest BCUT2D eigenvalue weighted by atomic mass is 9.96. The minimum absolute atomic E-state index is 0.0456. The molecule has 0 amide bonds. The molecule has 106 valence electrons. The highest BCUT2D eigenvalue weighted by Gasteiger charge is 2.16. The molecule has 1 aromatic rings. The molecule has 4 nitrogen and oxygen atoms in total. The van der Waals surface area contributed by atoms with Crippen molar-refractivity contribution in [1.82, 2.24) is 0 Å². The number of aryl methyl sites for hydroxylation is 1. The predicted octanol–water partition coefficient (Wildman–Crippen LogP) is 2.52. The van der Waals surface area contributed by atoms with Crippen LogP contribution in [0.3, 0.4) is 0 Å². The van der Waals surface area contributed by atoms with Crippen LogP contribution in [-0.4, -0.2) is 23.8 Å². The van der Waals surface area contributed by atoms with Crippen molar-refractivity contribution in [3.8, 4) is 0 Å². The summed E-state index contributed by atoms with van der Waals surface area (Å²) in [7, 11) is 1.72. The lowest BCUT2D eigenvalue weighted by molar-refractivity contribution is -0.137. The molecule has 1 atom stereocenters. The maximum atomic E-state index is 10.6. The van der Waals surface area contributed by atoms with Crippen molar-refractivity contribution < 1.29 is 14.6 Å². The number of carboxylic acid groups (broad SMARTS) is 1. The molecule has 0 aliphatic rings. The van der Waals surface area contributed by atoms with Crippen molar-refractivity contribution in [2.75, 3.05) is 7.11 Å². The van der Waals surface area contributed by atoms with Gasteiger partial charge in [0.1, 0.15) is 0 Å². The van der Waals surface area contributed by atoms with Crippen LogP contribution in [-0.2, 0) is 16.0 Å². The van der Waals surface area contributed by atoms with E-state index < -0.39 is 12.0 Å². The second-order valence-electron chi connectivity index (χ2n) is 5.41. The molecule has 0 aromatic heterocycles. The van der Waals surface area contributed by atoms with Gasteiger partial charge in [-0.1, -0.05) is 24.3 Å². The van der Waals surface area contributed by atoms with Crippen LogP contribution in [0.15, 0.2) is 24.3 Å². The molecule has 4 heteroatoms. The third-order valence-corrected chi connectivity index (χ3v) is 3.37. The van der Waals surface area contributed by atoms with Crippen LogP contribution in [0.5, 0.6) is 0 Å². The number of carbonyl (C=O) groups is 1. The number of benzene rings is 1. The molecular formula is C15H23NO3. The highest BCUT2D eigenvalue weighted by molar-refractivity contribution is 5.67. The van der Waals surface area contributed by atoms with Crippen molar-refractivity contribution in [3.63, 3.8) is 0 Å². The van der Waals surface area contributed by atoms with Crippen molar-refractivity contribution in [2.45, 2.75) is 44.8 Å². The largest absolute Gasteiger partial charge is 0.481 e. The molecule has 1 unspecified atom stereocenters. The molecule has 0 bridgehead atoms. The number of rotatable bonds is 7. The Labute approximate surface area is 114 Å². The van der Waals surface area contributed by atoms with Crippen LogP contribution >= 0.6 is 0 Å². The molecule has 1 rings (SSSR count). The van der Waals surface area contributed by atoms with E-state index in [4.69, 9.17) is 15.6 Å². The van der Waals surface area contributed by atoms with Gasteiger partial charge in [-0.25, -0.2) is 0 Å². The highest BCUT2D eigenvalue weighted by atomic mass is 16.5. The Morgan fingerprint density at radius 3 is 2.42 bits per heavy atom. The maximum absolute atomic E-state index is 10.6. The number of carboxylic acids is 1. The summed E-state index contributed by atoms with van der Waals surface area (Å²) in [5.74, 6) is -0.876. The van der Waals surface area contributed by atoms with E-state index in [9.17, 15) is 4.79 Å². The van der Waals surface area contributed by atoms with Crippen molar-refractivity contribution in [2.24, 2.45) is 5.73 Å². The number of hydrogen-bond donors (Lipinski definition) is 2. The van der Waals surface area contributed by atoms with Crippen LogP contribution in [0.2, 0.25) is 0 Å².